The van der Waals surface area contributed by atoms with Gasteiger partial charge in [-0.15, -0.1) is 0 Å². The standard InChI is InChI=1S/C23H21NO3S2/c1-2-3-15-24-22(26)20(29-23(24)28)16-18-9-12-19(13-10-18)27-21(25)14-11-17-7-5-4-6-8-17/h4-14,16H,2-3,15H2,1H3/b14-11+,20-16-. The Balaban J connectivity index is 1.61. The minimum Gasteiger partial charge on any atom is -0.423 e. The number of esters is 1. The van der Waals surface area contributed by atoms with Gasteiger partial charge in [-0.3, -0.25) is 9.69 Å². The van der Waals surface area contributed by atoms with Gasteiger partial charge >= 0.3 is 5.97 Å². The summed E-state index contributed by atoms with van der Waals surface area (Å²) >= 11 is 6.64. The van der Waals surface area contributed by atoms with Crippen molar-refractivity contribution in [1.29, 1.82) is 0 Å². The van der Waals surface area contributed by atoms with E-state index in [0.717, 1.165) is 24.0 Å². The van der Waals surface area contributed by atoms with Crippen LogP contribution in [0.4, 0.5) is 0 Å². The lowest BCUT2D eigenvalue weighted by Gasteiger charge is -2.12. The van der Waals surface area contributed by atoms with Crippen LogP contribution in [0.1, 0.15) is 30.9 Å². The van der Waals surface area contributed by atoms with Crippen LogP contribution in [0.25, 0.3) is 12.2 Å². The Labute approximate surface area is 180 Å². The molecule has 1 saturated heterocycles. The molecule has 29 heavy (non-hydrogen) atoms. The van der Waals surface area contributed by atoms with Crippen LogP contribution in [0.3, 0.4) is 0 Å². The highest BCUT2D eigenvalue weighted by Gasteiger charge is 2.31. The van der Waals surface area contributed by atoms with E-state index in [-0.39, 0.29) is 5.91 Å². The van der Waals surface area contributed by atoms with Crippen LogP contribution in [-0.2, 0) is 9.59 Å². The maximum Gasteiger partial charge on any atom is 0.336 e. The minimum absolute atomic E-state index is 0.0463. The van der Waals surface area contributed by atoms with Gasteiger partial charge in [-0.25, -0.2) is 4.79 Å². The third-order valence-corrected chi connectivity index (χ3v) is 5.59. The molecule has 1 fully saturated rings. The fourth-order valence-electron chi connectivity index (χ4n) is 2.67. The third kappa shape index (κ3) is 5.89. The monoisotopic (exact) mass is 423 g/mol. The zero-order chi connectivity index (χ0) is 20.6. The van der Waals surface area contributed by atoms with Gasteiger partial charge < -0.3 is 4.74 Å². The van der Waals surface area contributed by atoms with E-state index in [2.05, 4.69) is 6.92 Å². The predicted molar refractivity (Wildman–Crippen MR) is 122 cm³/mol. The van der Waals surface area contributed by atoms with Gasteiger partial charge in [0.25, 0.3) is 5.91 Å². The first-order valence-corrected chi connectivity index (χ1v) is 10.6. The fourth-order valence-corrected chi connectivity index (χ4v) is 3.98. The SMILES string of the molecule is CCCCN1C(=O)/C(=C/c2ccc(OC(=O)/C=C/c3ccccc3)cc2)SC1=S. The molecule has 0 saturated carbocycles. The number of benzene rings is 2. The number of carbonyl (C=O) groups excluding carboxylic acids is 2. The van der Waals surface area contributed by atoms with E-state index in [1.807, 2.05) is 48.5 Å². The second-order valence-electron chi connectivity index (χ2n) is 6.42. The normalized spacial score (nSPS) is 15.5. The first-order chi connectivity index (χ1) is 14.1. The van der Waals surface area contributed by atoms with Crippen molar-refractivity contribution in [3.63, 3.8) is 0 Å². The van der Waals surface area contributed by atoms with Crippen LogP contribution < -0.4 is 4.74 Å². The number of ether oxygens (including phenoxy) is 1. The number of carbonyl (C=O) groups is 2. The predicted octanol–water partition coefficient (Wildman–Crippen LogP) is 5.31. The van der Waals surface area contributed by atoms with Gasteiger partial charge in [0, 0.05) is 12.6 Å². The summed E-state index contributed by atoms with van der Waals surface area (Å²) in [7, 11) is 0. The quantitative estimate of drug-likeness (QED) is 0.261. The highest BCUT2D eigenvalue weighted by molar-refractivity contribution is 8.26. The van der Waals surface area contributed by atoms with Gasteiger partial charge in [0.15, 0.2) is 0 Å². The molecule has 0 unspecified atom stereocenters. The van der Waals surface area contributed by atoms with Crippen LogP contribution in [0.15, 0.2) is 65.6 Å². The lowest BCUT2D eigenvalue weighted by molar-refractivity contribution is -0.129. The molecule has 0 radical (unpaired) electrons. The largest absolute Gasteiger partial charge is 0.423 e. The van der Waals surface area contributed by atoms with Crippen molar-refractivity contribution in [2.45, 2.75) is 19.8 Å². The number of thiocarbonyl (C=S) groups is 1. The lowest BCUT2D eigenvalue weighted by atomic mass is 10.2. The van der Waals surface area contributed by atoms with E-state index in [1.54, 1.807) is 23.1 Å². The molecule has 0 atom stereocenters. The molecule has 1 aliphatic rings. The summed E-state index contributed by atoms with van der Waals surface area (Å²) in [6.07, 6.45) is 6.85. The average molecular weight is 424 g/mol. The number of amides is 1. The van der Waals surface area contributed by atoms with Gasteiger partial charge in [-0.1, -0.05) is 79.8 Å². The Morgan fingerprint density at radius 2 is 1.83 bits per heavy atom. The topological polar surface area (TPSA) is 46.6 Å². The second-order valence-corrected chi connectivity index (χ2v) is 8.10. The molecule has 0 bridgehead atoms. The number of unbranched alkanes of at least 4 members (excludes halogenated alkanes) is 1. The molecule has 0 spiro atoms. The highest BCUT2D eigenvalue weighted by atomic mass is 32.2. The van der Waals surface area contributed by atoms with Crippen molar-refractivity contribution in [2.24, 2.45) is 0 Å². The summed E-state index contributed by atoms with van der Waals surface area (Å²) in [6, 6.07) is 16.6. The summed E-state index contributed by atoms with van der Waals surface area (Å²) in [6.45, 7) is 2.74. The highest BCUT2D eigenvalue weighted by Crippen LogP contribution is 2.32. The molecule has 4 nitrogen and oxygen atoms in total. The molecule has 1 aliphatic heterocycles. The zero-order valence-corrected chi connectivity index (χ0v) is 17.7. The summed E-state index contributed by atoms with van der Waals surface area (Å²) in [4.78, 5) is 26.7. The lowest BCUT2D eigenvalue weighted by Crippen LogP contribution is -2.28. The van der Waals surface area contributed by atoms with E-state index in [0.29, 0.717) is 21.5 Å². The smallest absolute Gasteiger partial charge is 0.336 e. The van der Waals surface area contributed by atoms with E-state index in [4.69, 9.17) is 17.0 Å². The molecule has 6 heteroatoms. The maximum absolute atomic E-state index is 12.5. The van der Waals surface area contributed by atoms with E-state index in [9.17, 15) is 9.59 Å². The summed E-state index contributed by atoms with van der Waals surface area (Å²) in [5.74, 6) is -0.0474. The van der Waals surface area contributed by atoms with Gasteiger partial charge in [0.1, 0.15) is 10.1 Å². The summed E-state index contributed by atoms with van der Waals surface area (Å²) in [5.41, 5.74) is 1.77. The maximum atomic E-state index is 12.5. The molecule has 1 heterocycles. The zero-order valence-electron chi connectivity index (χ0n) is 16.0. The van der Waals surface area contributed by atoms with Crippen molar-refractivity contribution in [3.05, 3.63) is 76.7 Å². The van der Waals surface area contributed by atoms with E-state index >= 15 is 0 Å². The molecule has 1 amide bonds. The molecular formula is C23H21NO3S2. The Bertz CT molecular complexity index is 950. The molecule has 0 aromatic heterocycles. The molecule has 0 N–H and O–H groups in total. The summed E-state index contributed by atoms with van der Waals surface area (Å²) in [5, 5.41) is 0. The molecule has 2 aromatic rings. The number of hydrogen-bond acceptors (Lipinski definition) is 5. The number of nitrogens with zero attached hydrogens (tertiary/aromatic N) is 1. The third-order valence-electron chi connectivity index (χ3n) is 4.22. The van der Waals surface area contributed by atoms with Crippen molar-refractivity contribution >= 4 is 52.3 Å². The number of hydrogen-bond donors (Lipinski definition) is 0. The minimum atomic E-state index is -0.446. The van der Waals surface area contributed by atoms with Crippen molar-refractivity contribution < 1.29 is 14.3 Å². The Hall–Kier alpha value is -2.70. The second kappa shape index (κ2) is 10.2. The van der Waals surface area contributed by atoms with E-state index in [1.165, 1.54) is 17.8 Å². The van der Waals surface area contributed by atoms with Crippen molar-refractivity contribution in [2.75, 3.05) is 6.54 Å². The van der Waals surface area contributed by atoms with Crippen molar-refractivity contribution in [1.82, 2.24) is 4.90 Å². The van der Waals surface area contributed by atoms with Crippen LogP contribution >= 0.6 is 24.0 Å². The Morgan fingerprint density at radius 1 is 1.10 bits per heavy atom. The van der Waals surface area contributed by atoms with Crippen molar-refractivity contribution in [3.8, 4) is 5.75 Å². The van der Waals surface area contributed by atoms with Crippen LogP contribution in [-0.4, -0.2) is 27.6 Å². The van der Waals surface area contributed by atoms with Crippen LogP contribution in [0.2, 0.25) is 0 Å². The van der Waals surface area contributed by atoms with Gasteiger partial charge in [-0.2, -0.15) is 0 Å². The van der Waals surface area contributed by atoms with Gasteiger partial charge in [0.2, 0.25) is 0 Å². The van der Waals surface area contributed by atoms with Gasteiger partial charge in [-0.05, 0) is 41.8 Å². The molecule has 148 valence electrons. The Morgan fingerprint density at radius 3 is 2.52 bits per heavy atom. The molecule has 2 aromatic carbocycles. The number of thioether (sulfide) groups is 1. The van der Waals surface area contributed by atoms with Crippen LogP contribution in [0, 0.1) is 0 Å². The van der Waals surface area contributed by atoms with Gasteiger partial charge in [0.05, 0.1) is 4.91 Å². The Kier molecular flexibility index (Phi) is 7.38. The average Bonchev–Trinajstić information content (AvgIpc) is 2.99. The first-order valence-electron chi connectivity index (χ1n) is 9.37. The first kappa shape index (κ1) is 21.0. The molecule has 0 aliphatic carbocycles. The summed E-state index contributed by atoms with van der Waals surface area (Å²) < 4.78 is 5.92. The van der Waals surface area contributed by atoms with E-state index < -0.39 is 5.97 Å². The molecule has 3 rings (SSSR count). The molecular weight excluding hydrogens is 402 g/mol. The number of rotatable bonds is 7. The fraction of sp³-hybridized carbons (Fsp3) is 0.174. The van der Waals surface area contributed by atoms with Crippen LogP contribution in [0.5, 0.6) is 5.75 Å².